The molecule has 1 heterocycles. The topological polar surface area (TPSA) is 73.2 Å². The van der Waals surface area contributed by atoms with E-state index in [1.165, 1.54) is 22.9 Å². The van der Waals surface area contributed by atoms with Gasteiger partial charge in [-0.3, -0.25) is 9.59 Å². The number of aromatic nitrogens is 2. The van der Waals surface area contributed by atoms with Crippen LogP contribution in [0.5, 0.6) is 5.75 Å². The van der Waals surface area contributed by atoms with Crippen LogP contribution in [0, 0.1) is 0 Å². The van der Waals surface area contributed by atoms with Gasteiger partial charge >= 0.3 is 6.36 Å². The Morgan fingerprint density at radius 2 is 1.71 bits per heavy atom. The molecule has 1 amide bonds. The Morgan fingerprint density at radius 1 is 1.03 bits per heavy atom. The average Bonchev–Trinajstić information content (AvgIpc) is 2.70. The highest BCUT2D eigenvalue weighted by molar-refractivity contribution is 6.30. The Kier molecular flexibility index (Phi) is 6.96. The highest BCUT2D eigenvalue weighted by Gasteiger charge is 2.30. The summed E-state index contributed by atoms with van der Waals surface area (Å²) in [4.78, 5) is 24.1. The van der Waals surface area contributed by atoms with Crippen molar-refractivity contribution in [2.45, 2.75) is 25.7 Å². The molecule has 31 heavy (non-hydrogen) atoms. The van der Waals surface area contributed by atoms with Crippen molar-refractivity contribution in [3.05, 3.63) is 76.0 Å². The van der Waals surface area contributed by atoms with Gasteiger partial charge in [-0.2, -0.15) is 5.10 Å². The Labute approximate surface area is 180 Å². The zero-order valence-electron chi connectivity index (χ0n) is 16.0. The van der Waals surface area contributed by atoms with E-state index in [-0.39, 0.29) is 30.2 Å². The van der Waals surface area contributed by atoms with Crippen LogP contribution in [0.15, 0.2) is 65.5 Å². The fourth-order valence-corrected chi connectivity index (χ4v) is 2.86. The van der Waals surface area contributed by atoms with Gasteiger partial charge in [0, 0.05) is 35.3 Å². The summed E-state index contributed by atoms with van der Waals surface area (Å²) >= 11 is 5.88. The largest absolute Gasteiger partial charge is 0.573 e. The van der Waals surface area contributed by atoms with Crippen LogP contribution in [-0.4, -0.2) is 22.1 Å². The first kappa shape index (κ1) is 22.4. The fraction of sp³-hybridized carbons (Fsp3) is 0.190. The second-order valence-corrected chi connectivity index (χ2v) is 6.95. The Bertz CT molecular complexity index is 1100. The number of nitrogens with zero attached hydrogens (tertiary/aromatic N) is 2. The molecular formula is C21H17ClF3N3O3. The third-order valence-electron chi connectivity index (χ3n) is 4.15. The van der Waals surface area contributed by atoms with E-state index in [0.29, 0.717) is 22.8 Å². The molecule has 0 saturated heterocycles. The molecule has 0 fully saturated rings. The van der Waals surface area contributed by atoms with Crippen LogP contribution in [0.2, 0.25) is 5.02 Å². The van der Waals surface area contributed by atoms with E-state index < -0.39 is 6.36 Å². The van der Waals surface area contributed by atoms with Crippen molar-refractivity contribution < 1.29 is 22.7 Å². The van der Waals surface area contributed by atoms with Crippen molar-refractivity contribution in [2.75, 3.05) is 5.32 Å². The van der Waals surface area contributed by atoms with Crippen LogP contribution in [0.25, 0.3) is 11.3 Å². The standard InChI is InChI=1S/C21H17ClF3N3O3/c22-15-5-3-14(4-6-15)18-11-12-20(30)28(27-18)13-1-2-19(29)26-16-7-9-17(10-8-16)31-21(23,24)25/h3-12H,1-2,13H2,(H,26,29). The molecule has 0 saturated carbocycles. The minimum absolute atomic E-state index is 0.0973. The number of carbonyl (C=O) groups excluding carboxylic acids is 1. The van der Waals surface area contributed by atoms with Gasteiger partial charge in [-0.1, -0.05) is 23.7 Å². The first-order valence-electron chi connectivity index (χ1n) is 9.19. The van der Waals surface area contributed by atoms with Gasteiger partial charge in [-0.15, -0.1) is 13.2 Å². The Morgan fingerprint density at radius 3 is 2.35 bits per heavy atom. The summed E-state index contributed by atoms with van der Waals surface area (Å²) in [5, 5.41) is 7.48. The molecule has 0 aliphatic rings. The Hall–Kier alpha value is -3.33. The molecule has 0 aliphatic heterocycles. The molecule has 1 N–H and O–H groups in total. The van der Waals surface area contributed by atoms with Crippen molar-refractivity contribution in [1.82, 2.24) is 9.78 Å². The lowest BCUT2D eigenvalue weighted by atomic mass is 10.1. The van der Waals surface area contributed by atoms with Gasteiger partial charge < -0.3 is 10.1 Å². The van der Waals surface area contributed by atoms with E-state index in [2.05, 4.69) is 15.2 Å². The van der Waals surface area contributed by atoms with Crippen LogP contribution in [0.1, 0.15) is 12.8 Å². The molecule has 1 aromatic heterocycles. The molecule has 0 unspecified atom stereocenters. The van der Waals surface area contributed by atoms with E-state index in [0.717, 1.165) is 17.7 Å². The van der Waals surface area contributed by atoms with Gasteiger partial charge in [-0.05, 0) is 48.9 Å². The lowest BCUT2D eigenvalue weighted by Crippen LogP contribution is -2.23. The van der Waals surface area contributed by atoms with Crippen LogP contribution in [0.4, 0.5) is 18.9 Å². The number of amides is 1. The van der Waals surface area contributed by atoms with Gasteiger partial charge in [0.15, 0.2) is 0 Å². The van der Waals surface area contributed by atoms with Crippen LogP contribution < -0.4 is 15.6 Å². The van der Waals surface area contributed by atoms with Crippen LogP contribution >= 0.6 is 11.6 Å². The van der Waals surface area contributed by atoms with Crippen molar-refractivity contribution in [3.8, 4) is 17.0 Å². The van der Waals surface area contributed by atoms with Crippen LogP contribution in [-0.2, 0) is 11.3 Å². The minimum atomic E-state index is -4.78. The van der Waals surface area contributed by atoms with Gasteiger partial charge in [0.1, 0.15) is 5.75 Å². The number of rotatable bonds is 7. The van der Waals surface area contributed by atoms with E-state index in [4.69, 9.17) is 11.6 Å². The predicted molar refractivity (Wildman–Crippen MR) is 110 cm³/mol. The normalized spacial score (nSPS) is 11.2. The highest BCUT2D eigenvalue weighted by Crippen LogP contribution is 2.24. The van der Waals surface area contributed by atoms with Crippen molar-refractivity contribution in [2.24, 2.45) is 0 Å². The summed E-state index contributed by atoms with van der Waals surface area (Å²) in [5.41, 5.74) is 1.44. The molecule has 3 rings (SSSR count). The molecule has 0 bridgehead atoms. The van der Waals surface area contributed by atoms with Gasteiger partial charge in [0.05, 0.1) is 5.69 Å². The summed E-state index contributed by atoms with van der Waals surface area (Å²) in [5.74, 6) is -0.720. The number of halogens is 4. The van der Waals surface area contributed by atoms with Crippen molar-refractivity contribution in [1.29, 1.82) is 0 Å². The number of carbonyl (C=O) groups is 1. The summed E-state index contributed by atoms with van der Waals surface area (Å²) in [7, 11) is 0. The Balaban J connectivity index is 1.54. The first-order valence-corrected chi connectivity index (χ1v) is 9.57. The molecule has 6 nitrogen and oxygen atoms in total. The van der Waals surface area contributed by atoms with Crippen molar-refractivity contribution in [3.63, 3.8) is 0 Å². The number of hydrogen-bond acceptors (Lipinski definition) is 4. The number of ether oxygens (including phenoxy) is 1. The predicted octanol–water partition coefficient (Wildman–Crippen LogP) is 4.88. The third-order valence-corrected chi connectivity index (χ3v) is 4.40. The maximum Gasteiger partial charge on any atom is 0.573 e. The number of nitrogens with one attached hydrogen (secondary N) is 1. The summed E-state index contributed by atoms with van der Waals surface area (Å²) < 4.78 is 41.6. The van der Waals surface area contributed by atoms with E-state index >= 15 is 0 Å². The number of anilines is 1. The molecule has 0 atom stereocenters. The van der Waals surface area contributed by atoms with E-state index in [1.54, 1.807) is 30.3 Å². The summed E-state index contributed by atoms with van der Waals surface area (Å²) in [6.45, 7) is 0.228. The number of aryl methyl sites for hydroxylation is 1. The molecular weight excluding hydrogens is 435 g/mol. The van der Waals surface area contributed by atoms with Gasteiger partial charge in [-0.25, -0.2) is 4.68 Å². The van der Waals surface area contributed by atoms with Gasteiger partial charge in [0.2, 0.25) is 5.91 Å². The molecule has 2 aromatic carbocycles. The second kappa shape index (κ2) is 9.65. The molecule has 0 radical (unpaired) electrons. The maximum atomic E-state index is 12.2. The molecule has 0 aliphatic carbocycles. The van der Waals surface area contributed by atoms with E-state index in [1.807, 2.05) is 0 Å². The fourth-order valence-electron chi connectivity index (χ4n) is 2.74. The lowest BCUT2D eigenvalue weighted by molar-refractivity contribution is -0.274. The maximum absolute atomic E-state index is 12.2. The van der Waals surface area contributed by atoms with Crippen LogP contribution in [0.3, 0.4) is 0 Å². The highest BCUT2D eigenvalue weighted by atomic mass is 35.5. The molecule has 10 heteroatoms. The molecule has 0 spiro atoms. The smallest absolute Gasteiger partial charge is 0.406 e. The first-order chi connectivity index (χ1) is 14.7. The zero-order valence-corrected chi connectivity index (χ0v) is 16.8. The number of benzene rings is 2. The molecule has 162 valence electrons. The number of hydrogen-bond donors (Lipinski definition) is 1. The monoisotopic (exact) mass is 451 g/mol. The number of alkyl halides is 3. The van der Waals surface area contributed by atoms with E-state index in [9.17, 15) is 22.8 Å². The molecule has 3 aromatic rings. The van der Waals surface area contributed by atoms with Gasteiger partial charge in [0.25, 0.3) is 5.56 Å². The quantitative estimate of drug-likeness (QED) is 0.555. The summed E-state index contributed by atoms with van der Waals surface area (Å²) in [6, 6.07) is 14.9. The zero-order chi connectivity index (χ0) is 22.4. The SMILES string of the molecule is O=C(CCCn1nc(-c2ccc(Cl)cc2)ccc1=O)Nc1ccc(OC(F)(F)F)cc1. The minimum Gasteiger partial charge on any atom is -0.406 e. The lowest BCUT2D eigenvalue weighted by Gasteiger charge is -2.10. The second-order valence-electron chi connectivity index (χ2n) is 6.51. The third kappa shape index (κ3) is 6.85. The average molecular weight is 452 g/mol. The van der Waals surface area contributed by atoms with Crippen molar-refractivity contribution >= 4 is 23.2 Å². The summed E-state index contributed by atoms with van der Waals surface area (Å²) in [6.07, 6.45) is -4.33.